The van der Waals surface area contributed by atoms with Crippen molar-refractivity contribution in [3.05, 3.63) is 42.2 Å². The average molecular weight is 418 g/mol. The van der Waals surface area contributed by atoms with Gasteiger partial charge in [-0.15, -0.1) is 0 Å². The molecule has 1 aliphatic heterocycles. The molecule has 2 aromatic rings. The van der Waals surface area contributed by atoms with Gasteiger partial charge in [0, 0.05) is 36.1 Å². The standard InChI is InChI=1S/C26H31N3O2/c30-24(28-26-14-17-11-18(15-26)13-19(12-17)16-26)21-6-9-29(10-7-21)25(31)23-22-4-2-1-3-20(22)5-8-27-23/h1-5,8,17-19,21H,6-7,9-16H2,(H,28,30). The number of nitrogens with one attached hydrogen (secondary N) is 1. The number of aromatic nitrogens is 1. The first kappa shape index (κ1) is 19.3. The van der Waals surface area contributed by atoms with Gasteiger partial charge in [0.25, 0.3) is 5.91 Å². The van der Waals surface area contributed by atoms with Crippen LogP contribution in [0.25, 0.3) is 10.8 Å². The maximum atomic E-state index is 13.2. The number of carbonyl (C=O) groups is 2. The Bertz CT molecular complexity index is 984. The Hall–Kier alpha value is -2.43. The van der Waals surface area contributed by atoms with Crippen molar-refractivity contribution < 1.29 is 9.59 Å². The highest BCUT2D eigenvalue weighted by Crippen LogP contribution is 2.55. The molecule has 4 saturated carbocycles. The molecule has 31 heavy (non-hydrogen) atoms. The third-order valence-corrected chi connectivity index (χ3v) is 8.46. The molecule has 0 unspecified atom stereocenters. The van der Waals surface area contributed by atoms with Gasteiger partial charge in [0.05, 0.1) is 0 Å². The number of benzene rings is 1. The Morgan fingerprint density at radius 3 is 2.26 bits per heavy atom. The number of piperidine rings is 1. The lowest BCUT2D eigenvalue weighted by Crippen LogP contribution is -2.61. The van der Waals surface area contributed by atoms with Crippen molar-refractivity contribution in [1.82, 2.24) is 15.2 Å². The summed E-state index contributed by atoms with van der Waals surface area (Å²) in [6.07, 6.45) is 10.9. The Morgan fingerprint density at radius 2 is 1.58 bits per heavy atom. The minimum Gasteiger partial charge on any atom is -0.350 e. The number of amides is 2. The molecule has 5 aliphatic rings. The third kappa shape index (κ3) is 3.42. The number of rotatable bonds is 3. The zero-order valence-corrected chi connectivity index (χ0v) is 18.1. The van der Waals surface area contributed by atoms with Crippen LogP contribution in [0.4, 0.5) is 0 Å². The maximum absolute atomic E-state index is 13.2. The van der Waals surface area contributed by atoms with Crippen LogP contribution >= 0.6 is 0 Å². The van der Waals surface area contributed by atoms with Gasteiger partial charge >= 0.3 is 0 Å². The normalized spacial score (nSPS) is 32.4. The second-order valence-corrected chi connectivity index (χ2v) is 10.6. The summed E-state index contributed by atoms with van der Waals surface area (Å²) >= 11 is 0. The fourth-order valence-electron chi connectivity index (χ4n) is 7.41. The molecule has 162 valence electrons. The summed E-state index contributed by atoms with van der Waals surface area (Å²) in [7, 11) is 0. The molecule has 5 nitrogen and oxygen atoms in total. The number of fused-ring (bicyclic) bond motifs is 1. The van der Waals surface area contributed by atoms with Crippen LogP contribution < -0.4 is 5.32 Å². The van der Waals surface area contributed by atoms with Gasteiger partial charge in [-0.3, -0.25) is 14.6 Å². The summed E-state index contributed by atoms with van der Waals surface area (Å²) < 4.78 is 0. The maximum Gasteiger partial charge on any atom is 0.273 e. The summed E-state index contributed by atoms with van der Waals surface area (Å²) in [5.41, 5.74) is 0.598. The summed E-state index contributed by atoms with van der Waals surface area (Å²) in [4.78, 5) is 32.6. The highest BCUT2D eigenvalue weighted by Gasteiger charge is 2.51. The van der Waals surface area contributed by atoms with Crippen molar-refractivity contribution in [2.24, 2.45) is 23.7 Å². The summed E-state index contributed by atoms with van der Waals surface area (Å²) in [6, 6.07) is 9.83. The van der Waals surface area contributed by atoms with Crippen LogP contribution in [-0.4, -0.2) is 40.3 Å². The smallest absolute Gasteiger partial charge is 0.273 e. The van der Waals surface area contributed by atoms with Crippen LogP contribution in [0, 0.1) is 23.7 Å². The molecule has 1 aromatic carbocycles. The second-order valence-electron chi connectivity index (χ2n) is 10.6. The van der Waals surface area contributed by atoms with Crippen LogP contribution in [0.3, 0.4) is 0 Å². The van der Waals surface area contributed by atoms with Gasteiger partial charge in [0.15, 0.2) is 0 Å². The minimum absolute atomic E-state index is 0.0169. The summed E-state index contributed by atoms with van der Waals surface area (Å²) in [5.74, 6) is 2.74. The molecular weight excluding hydrogens is 386 g/mol. The largest absolute Gasteiger partial charge is 0.350 e. The molecule has 1 N–H and O–H groups in total. The Labute approximate surface area is 183 Å². The molecule has 0 radical (unpaired) electrons. The lowest BCUT2D eigenvalue weighted by atomic mass is 9.53. The molecule has 5 heteroatoms. The van der Waals surface area contributed by atoms with E-state index in [4.69, 9.17) is 0 Å². The topological polar surface area (TPSA) is 62.3 Å². The predicted octanol–water partition coefficient (Wildman–Crippen LogP) is 4.17. The molecule has 5 fully saturated rings. The fraction of sp³-hybridized carbons (Fsp3) is 0.577. The van der Waals surface area contributed by atoms with E-state index >= 15 is 0 Å². The van der Waals surface area contributed by atoms with Gasteiger partial charge in [-0.05, 0) is 80.6 Å². The number of nitrogens with zero attached hydrogens (tertiary/aromatic N) is 2. The van der Waals surface area contributed by atoms with E-state index in [0.29, 0.717) is 18.8 Å². The zero-order valence-electron chi connectivity index (χ0n) is 18.1. The van der Waals surface area contributed by atoms with Crippen molar-refractivity contribution in [2.75, 3.05) is 13.1 Å². The first-order chi connectivity index (χ1) is 15.1. The monoisotopic (exact) mass is 417 g/mol. The van der Waals surface area contributed by atoms with Crippen molar-refractivity contribution in [3.8, 4) is 0 Å². The summed E-state index contributed by atoms with van der Waals surface area (Å²) in [6.45, 7) is 1.26. The van der Waals surface area contributed by atoms with E-state index in [1.165, 1.54) is 38.5 Å². The van der Waals surface area contributed by atoms with Crippen molar-refractivity contribution >= 4 is 22.6 Å². The van der Waals surface area contributed by atoms with E-state index in [0.717, 1.165) is 41.4 Å². The van der Waals surface area contributed by atoms with Crippen molar-refractivity contribution in [3.63, 3.8) is 0 Å². The molecule has 2 heterocycles. The average Bonchev–Trinajstić information content (AvgIpc) is 2.77. The summed E-state index contributed by atoms with van der Waals surface area (Å²) in [5, 5.41) is 5.47. The van der Waals surface area contributed by atoms with Crippen LogP contribution in [-0.2, 0) is 4.79 Å². The van der Waals surface area contributed by atoms with Gasteiger partial charge in [-0.2, -0.15) is 0 Å². The lowest BCUT2D eigenvalue weighted by molar-refractivity contribution is -0.132. The Kier molecular flexibility index (Phi) is 4.55. The molecule has 7 rings (SSSR count). The third-order valence-electron chi connectivity index (χ3n) is 8.46. The minimum atomic E-state index is -0.0169. The molecule has 2 amide bonds. The van der Waals surface area contributed by atoms with Crippen LogP contribution in [0.2, 0.25) is 0 Å². The number of carbonyl (C=O) groups excluding carboxylic acids is 2. The van der Waals surface area contributed by atoms with E-state index in [1.807, 2.05) is 35.2 Å². The zero-order chi connectivity index (χ0) is 21.0. The van der Waals surface area contributed by atoms with E-state index in [1.54, 1.807) is 6.20 Å². The predicted molar refractivity (Wildman–Crippen MR) is 119 cm³/mol. The number of hydrogen-bond acceptors (Lipinski definition) is 3. The molecule has 1 aromatic heterocycles. The van der Waals surface area contributed by atoms with Gasteiger partial charge < -0.3 is 10.2 Å². The molecular formula is C26H31N3O2. The van der Waals surface area contributed by atoms with Gasteiger partial charge in [0.1, 0.15) is 5.69 Å². The molecule has 4 bridgehead atoms. The SMILES string of the molecule is O=C(NC12CC3CC(CC(C3)C1)C2)C1CCN(C(=O)c2nccc3ccccc23)CC1. The highest BCUT2D eigenvalue weighted by atomic mass is 16.2. The van der Waals surface area contributed by atoms with E-state index < -0.39 is 0 Å². The fourth-order valence-corrected chi connectivity index (χ4v) is 7.41. The van der Waals surface area contributed by atoms with E-state index in [2.05, 4.69) is 10.3 Å². The first-order valence-electron chi connectivity index (χ1n) is 12.0. The van der Waals surface area contributed by atoms with Crippen LogP contribution in [0.15, 0.2) is 36.5 Å². The number of likely N-dealkylation sites (tertiary alicyclic amines) is 1. The van der Waals surface area contributed by atoms with Crippen LogP contribution in [0.5, 0.6) is 0 Å². The van der Waals surface area contributed by atoms with E-state index in [-0.39, 0.29) is 23.3 Å². The van der Waals surface area contributed by atoms with Crippen LogP contribution in [0.1, 0.15) is 61.9 Å². The first-order valence-corrected chi connectivity index (χ1v) is 12.0. The van der Waals surface area contributed by atoms with Crippen molar-refractivity contribution in [1.29, 1.82) is 0 Å². The number of hydrogen-bond donors (Lipinski definition) is 1. The van der Waals surface area contributed by atoms with Gasteiger partial charge in [-0.25, -0.2) is 0 Å². The van der Waals surface area contributed by atoms with E-state index in [9.17, 15) is 9.59 Å². The molecule has 0 atom stereocenters. The van der Waals surface area contributed by atoms with Gasteiger partial charge in [0.2, 0.25) is 5.91 Å². The quantitative estimate of drug-likeness (QED) is 0.815. The van der Waals surface area contributed by atoms with Crippen molar-refractivity contribution in [2.45, 2.75) is 56.9 Å². The Morgan fingerprint density at radius 1 is 0.935 bits per heavy atom. The highest BCUT2D eigenvalue weighted by molar-refractivity contribution is 6.05. The molecule has 4 aliphatic carbocycles. The molecule has 0 spiro atoms. The Balaban J connectivity index is 1.10. The van der Waals surface area contributed by atoms with Gasteiger partial charge in [-0.1, -0.05) is 24.3 Å². The number of pyridine rings is 1. The molecule has 1 saturated heterocycles. The lowest BCUT2D eigenvalue weighted by Gasteiger charge is -2.57. The second kappa shape index (κ2) is 7.32.